The smallest absolute Gasteiger partial charge is 0.372 e. The fraction of sp³-hybridized carbons (Fsp3) is 0.600. The van der Waals surface area contributed by atoms with Crippen LogP contribution in [-0.4, -0.2) is 21.0 Å². The summed E-state index contributed by atoms with van der Waals surface area (Å²) in [5, 5.41) is 10.8. The summed E-state index contributed by atoms with van der Waals surface area (Å²) in [6.07, 6.45) is 1.77. The maximum absolute atomic E-state index is 10.8. The molecule has 0 bridgehead atoms. The largest absolute Gasteiger partial charge is 0.470 e. The molecule has 0 radical (unpaired) electrons. The zero-order valence-corrected chi connectivity index (χ0v) is 10.1. The third kappa shape index (κ3) is 3.54. The summed E-state index contributed by atoms with van der Waals surface area (Å²) < 4.78 is 5.43. The van der Waals surface area contributed by atoms with Crippen LogP contribution in [0, 0.1) is 16.0 Å². The number of nitrogens with zero attached hydrogens (tertiary/aromatic N) is 3. The molecule has 0 spiro atoms. The number of anilines is 1. The van der Waals surface area contributed by atoms with Crippen molar-refractivity contribution in [1.29, 1.82) is 0 Å². The molecule has 1 aromatic heterocycles. The Bertz CT molecular complexity index is 409. The van der Waals surface area contributed by atoms with Crippen LogP contribution >= 0.6 is 0 Å². The fourth-order valence-electron chi connectivity index (χ4n) is 1.54. The zero-order valence-electron chi connectivity index (χ0n) is 10.1. The highest BCUT2D eigenvalue weighted by molar-refractivity contribution is 5.57. The highest BCUT2D eigenvalue weighted by atomic mass is 16.6. The van der Waals surface area contributed by atoms with E-state index in [1.807, 2.05) is 20.8 Å². The quantitative estimate of drug-likeness (QED) is 0.621. The van der Waals surface area contributed by atoms with E-state index in [0.717, 1.165) is 12.7 Å². The molecule has 1 atom stereocenters. The molecule has 0 aromatic carbocycles. The van der Waals surface area contributed by atoms with Crippen molar-refractivity contribution in [2.75, 3.05) is 5.73 Å². The van der Waals surface area contributed by atoms with Crippen molar-refractivity contribution >= 4 is 11.5 Å². The van der Waals surface area contributed by atoms with E-state index >= 15 is 0 Å². The van der Waals surface area contributed by atoms with Crippen molar-refractivity contribution in [3.05, 3.63) is 16.4 Å². The van der Waals surface area contributed by atoms with Crippen LogP contribution in [-0.2, 0) is 0 Å². The van der Waals surface area contributed by atoms with Crippen LogP contribution in [0.1, 0.15) is 27.2 Å². The summed E-state index contributed by atoms with van der Waals surface area (Å²) in [5.74, 6) is 0.177. The molecule has 1 aromatic rings. The molecule has 0 saturated heterocycles. The van der Waals surface area contributed by atoms with Crippen molar-refractivity contribution in [2.45, 2.75) is 33.3 Å². The Balaban J connectivity index is 2.91. The molecule has 94 valence electrons. The fourth-order valence-corrected chi connectivity index (χ4v) is 1.54. The van der Waals surface area contributed by atoms with Crippen molar-refractivity contribution in [2.24, 2.45) is 5.92 Å². The van der Waals surface area contributed by atoms with E-state index in [-0.39, 0.29) is 23.5 Å². The summed E-state index contributed by atoms with van der Waals surface area (Å²) in [5.41, 5.74) is 5.05. The second-order valence-corrected chi connectivity index (χ2v) is 4.23. The molecule has 0 aliphatic rings. The second kappa shape index (κ2) is 5.42. The van der Waals surface area contributed by atoms with E-state index in [9.17, 15) is 10.1 Å². The maximum atomic E-state index is 10.8. The van der Waals surface area contributed by atoms with Gasteiger partial charge in [-0.2, -0.15) is 4.98 Å². The lowest BCUT2D eigenvalue weighted by atomic mass is 10.1. The Morgan fingerprint density at radius 1 is 1.47 bits per heavy atom. The molecule has 0 aliphatic carbocycles. The van der Waals surface area contributed by atoms with E-state index in [1.165, 1.54) is 0 Å². The summed E-state index contributed by atoms with van der Waals surface area (Å²) in [7, 11) is 0. The molecule has 7 heteroatoms. The molecule has 0 amide bonds. The van der Waals surface area contributed by atoms with Gasteiger partial charge >= 0.3 is 5.69 Å². The minimum Gasteiger partial charge on any atom is -0.470 e. The average molecular weight is 240 g/mol. The number of rotatable bonds is 5. The molecule has 1 unspecified atom stereocenters. The van der Waals surface area contributed by atoms with E-state index in [1.54, 1.807) is 0 Å². The van der Waals surface area contributed by atoms with Crippen LogP contribution in [0.25, 0.3) is 0 Å². The van der Waals surface area contributed by atoms with Gasteiger partial charge in [-0.15, -0.1) is 0 Å². The Hall–Kier alpha value is -1.92. The van der Waals surface area contributed by atoms with Crippen molar-refractivity contribution in [3.63, 3.8) is 0 Å². The summed E-state index contributed by atoms with van der Waals surface area (Å²) in [4.78, 5) is 17.5. The Labute approximate surface area is 99.2 Å². The van der Waals surface area contributed by atoms with Gasteiger partial charge in [0.1, 0.15) is 6.33 Å². The predicted molar refractivity (Wildman–Crippen MR) is 62.6 cm³/mol. The predicted octanol–water partition coefficient (Wildman–Crippen LogP) is 1.78. The third-order valence-electron chi connectivity index (χ3n) is 2.12. The van der Waals surface area contributed by atoms with Crippen LogP contribution in [0.2, 0.25) is 0 Å². The van der Waals surface area contributed by atoms with E-state index in [4.69, 9.17) is 10.5 Å². The topological polar surface area (TPSA) is 104 Å². The molecule has 7 nitrogen and oxygen atoms in total. The van der Waals surface area contributed by atoms with E-state index in [2.05, 4.69) is 9.97 Å². The Morgan fingerprint density at radius 2 is 2.12 bits per heavy atom. The first-order chi connectivity index (χ1) is 7.91. The molecule has 1 heterocycles. The van der Waals surface area contributed by atoms with Crippen LogP contribution < -0.4 is 10.5 Å². The molecule has 0 fully saturated rings. The van der Waals surface area contributed by atoms with E-state index < -0.39 is 4.92 Å². The summed E-state index contributed by atoms with van der Waals surface area (Å²) in [6.45, 7) is 5.92. The van der Waals surface area contributed by atoms with Crippen LogP contribution in [0.3, 0.4) is 0 Å². The minimum atomic E-state index is -0.632. The van der Waals surface area contributed by atoms with Crippen molar-refractivity contribution < 1.29 is 9.66 Å². The van der Waals surface area contributed by atoms with Gasteiger partial charge in [0.2, 0.25) is 5.82 Å². The van der Waals surface area contributed by atoms with Crippen molar-refractivity contribution in [1.82, 2.24) is 9.97 Å². The normalized spacial score (nSPS) is 12.5. The first-order valence-corrected chi connectivity index (χ1v) is 5.33. The lowest BCUT2D eigenvalue weighted by Gasteiger charge is -2.15. The van der Waals surface area contributed by atoms with Gasteiger partial charge in [-0.3, -0.25) is 10.1 Å². The SMILES string of the molecule is CC(C)CC(C)Oc1ncnc(N)c1[N+](=O)[O-]. The van der Waals surface area contributed by atoms with Gasteiger partial charge in [-0.25, -0.2) is 4.98 Å². The highest BCUT2D eigenvalue weighted by Gasteiger charge is 2.24. The van der Waals surface area contributed by atoms with Crippen molar-refractivity contribution in [3.8, 4) is 5.88 Å². The zero-order chi connectivity index (χ0) is 13.0. The summed E-state index contributed by atoms with van der Waals surface area (Å²) in [6, 6.07) is 0. The lowest BCUT2D eigenvalue weighted by molar-refractivity contribution is -0.385. The number of hydrogen-bond donors (Lipinski definition) is 1. The molecule has 2 N–H and O–H groups in total. The molecule has 0 saturated carbocycles. The van der Waals surface area contributed by atoms with Gasteiger partial charge in [0.25, 0.3) is 5.88 Å². The van der Waals surface area contributed by atoms with Crippen LogP contribution in [0.5, 0.6) is 5.88 Å². The number of nitrogens with two attached hydrogens (primary N) is 1. The summed E-state index contributed by atoms with van der Waals surface area (Å²) >= 11 is 0. The van der Waals surface area contributed by atoms with Gasteiger partial charge in [-0.05, 0) is 19.3 Å². The number of ether oxygens (including phenoxy) is 1. The number of aromatic nitrogens is 2. The standard InChI is InChI=1S/C10H16N4O3/c1-6(2)4-7(3)17-10-8(14(15)16)9(11)12-5-13-10/h5-7H,4H2,1-3H3,(H2,11,12,13). The first-order valence-electron chi connectivity index (χ1n) is 5.33. The monoisotopic (exact) mass is 240 g/mol. The van der Waals surface area contributed by atoms with Gasteiger partial charge in [0, 0.05) is 0 Å². The molecular weight excluding hydrogens is 224 g/mol. The maximum Gasteiger partial charge on any atom is 0.372 e. The molecule has 0 aliphatic heterocycles. The number of hydrogen-bond acceptors (Lipinski definition) is 6. The Kier molecular flexibility index (Phi) is 4.19. The molecule has 1 rings (SSSR count). The van der Waals surface area contributed by atoms with Crippen LogP contribution in [0.15, 0.2) is 6.33 Å². The lowest BCUT2D eigenvalue weighted by Crippen LogP contribution is -2.16. The van der Waals surface area contributed by atoms with Gasteiger partial charge in [-0.1, -0.05) is 13.8 Å². The van der Waals surface area contributed by atoms with Gasteiger partial charge in [0.05, 0.1) is 11.0 Å². The highest BCUT2D eigenvalue weighted by Crippen LogP contribution is 2.29. The molecule has 17 heavy (non-hydrogen) atoms. The minimum absolute atomic E-state index is 0.0735. The first kappa shape index (κ1) is 13.1. The van der Waals surface area contributed by atoms with Gasteiger partial charge in [0.15, 0.2) is 0 Å². The Morgan fingerprint density at radius 3 is 2.65 bits per heavy atom. The van der Waals surface area contributed by atoms with Gasteiger partial charge < -0.3 is 10.5 Å². The average Bonchev–Trinajstić information content (AvgIpc) is 2.15. The molecular formula is C10H16N4O3. The third-order valence-corrected chi connectivity index (χ3v) is 2.12. The number of nitrogen functional groups attached to an aromatic ring is 1. The second-order valence-electron chi connectivity index (χ2n) is 4.23. The number of nitro groups is 1. The van der Waals surface area contributed by atoms with E-state index in [0.29, 0.717) is 5.92 Å². The van der Waals surface area contributed by atoms with Crippen LogP contribution in [0.4, 0.5) is 11.5 Å².